The van der Waals surface area contributed by atoms with Gasteiger partial charge in [-0.05, 0) is 26.7 Å². The third-order valence-corrected chi connectivity index (χ3v) is 3.41. The van der Waals surface area contributed by atoms with Gasteiger partial charge in [0.15, 0.2) is 5.82 Å². The Bertz CT molecular complexity index is 448. The molecule has 0 spiro atoms. The molecule has 0 radical (unpaired) electrons. The molecule has 5 heteroatoms. The molecule has 1 heterocycles. The maximum Gasteiger partial charge on any atom is 0.293 e. The van der Waals surface area contributed by atoms with Crippen LogP contribution in [0.1, 0.15) is 34.6 Å². The standard InChI is InChI=1S/C13H22ClN3O/c1-9(2)10(14)8-16-11-12(18)17(7-6-15-11)13(3,4)5/h6-7,9-10H,8H2,1-5H3,(H,15,16). The van der Waals surface area contributed by atoms with Crippen molar-refractivity contribution in [2.45, 2.75) is 45.5 Å². The molecule has 1 aromatic heterocycles. The van der Waals surface area contributed by atoms with Crippen LogP contribution in [0.2, 0.25) is 0 Å². The molecule has 1 unspecified atom stereocenters. The molecule has 18 heavy (non-hydrogen) atoms. The SMILES string of the molecule is CC(C)C(Cl)CNc1nccn(C(C)(C)C)c1=O. The lowest BCUT2D eigenvalue weighted by molar-refractivity contribution is 0.383. The van der Waals surface area contributed by atoms with Crippen LogP contribution < -0.4 is 10.9 Å². The van der Waals surface area contributed by atoms with Crippen LogP contribution in [0, 0.1) is 5.92 Å². The van der Waals surface area contributed by atoms with E-state index in [0.717, 1.165) is 0 Å². The first-order valence-electron chi connectivity index (χ1n) is 6.19. The molecule has 102 valence electrons. The Hall–Kier alpha value is -1.03. The van der Waals surface area contributed by atoms with Gasteiger partial charge in [-0.2, -0.15) is 0 Å². The number of hydrogen-bond donors (Lipinski definition) is 1. The first-order valence-corrected chi connectivity index (χ1v) is 6.63. The van der Waals surface area contributed by atoms with E-state index in [4.69, 9.17) is 11.6 Å². The molecule has 1 N–H and O–H groups in total. The number of rotatable bonds is 4. The molecule has 0 fully saturated rings. The van der Waals surface area contributed by atoms with E-state index in [2.05, 4.69) is 10.3 Å². The number of nitrogens with zero attached hydrogens (tertiary/aromatic N) is 2. The summed E-state index contributed by atoms with van der Waals surface area (Å²) in [5.74, 6) is 0.714. The quantitative estimate of drug-likeness (QED) is 0.857. The maximum atomic E-state index is 12.2. The summed E-state index contributed by atoms with van der Waals surface area (Å²) in [4.78, 5) is 16.3. The van der Waals surface area contributed by atoms with Gasteiger partial charge in [0.05, 0.1) is 5.38 Å². The van der Waals surface area contributed by atoms with Gasteiger partial charge in [0.2, 0.25) is 0 Å². The van der Waals surface area contributed by atoms with E-state index in [1.54, 1.807) is 17.0 Å². The van der Waals surface area contributed by atoms with Gasteiger partial charge < -0.3 is 9.88 Å². The lowest BCUT2D eigenvalue weighted by Gasteiger charge is -2.23. The minimum absolute atomic E-state index is 0.0190. The Labute approximate surface area is 113 Å². The fourth-order valence-electron chi connectivity index (χ4n) is 1.49. The minimum Gasteiger partial charge on any atom is -0.364 e. The van der Waals surface area contributed by atoms with Crippen molar-refractivity contribution in [2.75, 3.05) is 11.9 Å². The zero-order valence-electron chi connectivity index (χ0n) is 11.7. The molecule has 4 nitrogen and oxygen atoms in total. The third kappa shape index (κ3) is 3.73. The molecular weight excluding hydrogens is 250 g/mol. The maximum absolute atomic E-state index is 12.2. The van der Waals surface area contributed by atoms with Crippen LogP contribution in [0.25, 0.3) is 0 Å². The van der Waals surface area contributed by atoms with Crippen LogP contribution in [-0.2, 0) is 5.54 Å². The normalized spacial score (nSPS) is 13.7. The summed E-state index contributed by atoms with van der Waals surface area (Å²) in [6.07, 6.45) is 3.34. The van der Waals surface area contributed by atoms with Crippen LogP contribution in [0.4, 0.5) is 5.82 Å². The van der Waals surface area contributed by atoms with Crippen LogP contribution in [-0.4, -0.2) is 21.5 Å². The van der Waals surface area contributed by atoms with E-state index in [1.165, 1.54) is 0 Å². The van der Waals surface area contributed by atoms with Crippen molar-refractivity contribution in [1.29, 1.82) is 0 Å². The summed E-state index contributed by atoms with van der Waals surface area (Å²) in [7, 11) is 0. The molecule has 1 rings (SSSR count). The number of halogens is 1. The molecule has 0 amide bonds. The Morgan fingerprint density at radius 2 is 2.06 bits per heavy atom. The first-order chi connectivity index (χ1) is 8.23. The fraction of sp³-hybridized carbons (Fsp3) is 0.692. The van der Waals surface area contributed by atoms with E-state index in [-0.39, 0.29) is 16.5 Å². The summed E-state index contributed by atoms with van der Waals surface area (Å²) in [5, 5.41) is 3.01. The number of anilines is 1. The average Bonchev–Trinajstić information content (AvgIpc) is 2.25. The minimum atomic E-state index is -0.255. The lowest BCUT2D eigenvalue weighted by Crippen LogP contribution is -2.36. The molecule has 0 saturated carbocycles. The van der Waals surface area contributed by atoms with Gasteiger partial charge in [0.25, 0.3) is 5.56 Å². The molecule has 1 aromatic rings. The highest BCUT2D eigenvalue weighted by atomic mass is 35.5. The van der Waals surface area contributed by atoms with Gasteiger partial charge in [0.1, 0.15) is 0 Å². The predicted octanol–water partition coefficient (Wildman–Crippen LogP) is 2.67. The van der Waals surface area contributed by atoms with Crippen LogP contribution in [0.3, 0.4) is 0 Å². The van der Waals surface area contributed by atoms with Gasteiger partial charge >= 0.3 is 0 Å². The molecule has 0 aromatic carbocycles. The smallest absolute Gasteiger partial charge is 0.293 e. The highest BCUT2D eigenvalue weighted by Gasteiger charge is 2.17. The predicted molar refractivity (Wildman–Crippen MR) is 76.5 cm³/mol. The van der Waals surface area contributed by atoms with Gasteiger partial charge in [-0.15, -0.1) is 11.6 Å². The molecule has 0 aliphatic heterocycles. The lowest BCUT2D eigenvalue weighted by atomic mass is 10.1. The number of aromatic nitrogens is 2. The monoisotopic (exact) mass is 271 g/mol. The van der Waals surface area contributed by atoms with E-state index in [9.17, 15) is 4.79 Å². The Balaban J connectivity index is 2.89. The Morgan fingerprint density at radius 1 is 1.44 bits per heavy atom. The largest absolute Gasteiger partial charge is 0.364 e. The van der Waals surface area contributed by atoms with Crippen LogP contribution in [0.15, 0.2) is 17.2 Å². The van der Waals surface area contributed by atoms with Gasteiger partial charge in [-0.3, -0.25) is 4.79 Å². The van der Waals surface area contributed by atoms with E-state index < -0.39 is 0 Å². The average molecular weight is 272 g/mol. The van der Waals surface area contributed by atoms with E-state index in [1.807, 2.05) is 34.6 Å². The third-order valence-electron chi connectivity index (χ3n) is 2.75. The van der Waals surface area contributed by atoms with Crippen molar-refractivity contribution in [3.8, 4) is 0 Å². The second-order valence-corrected chi connectivity index (χ2v) is 6.32. The van der Waals surface area contributed by atoms with Gasteiger partial charge in [0, 0.05) is 24.5 Å². The van der Waals surface area contributed by atoms with Gasteiger partial charge in [-0.25, -0.2) is 4.98 Å². The van der Waals surface area contributed by atoms with E-state index >= 15 is 0 Å². The highest BCUT2D eigenvalue weighted by molar-refractivity contribution is 6.21. The molecule has 0 aliphatic carbocycles. The van der Waals surface area contributed by atoms with Crippen LogP contribution in [0.5, 0.6) is 0 Å². The first kappa shape index (κ1) is 15.0. The van der Waals surface area contributed by atoms with Crippen molar-refractivity contribution in [1.82, 2.24) is 9.55 Å². The number of nitrogens with one attached hydrogen (secondary N) is 1. The molecule has 0 saturated heterocycles. The van der Waals surface area contributed by atoms with Crippen molar-refractivity contribution >= 4 is 17.4 Å². The highest BCUT2D eigenvalue weighted by Crippen LogP contribution is 2.12. The van der Waals surface area contributed by atoms with E-state index in [0.29, 0.717) is 18.3 Å². The second kappa shape index (κ2) is 5.74. The topological polar surface area (TPSA) is 46.9 Å². The zero-order valence-corrected chi connectivity index (χ0v) is 12.5. The summed E-state index contributed by atoms with van der Waals surface area (Å²) in [6.45, 7) is 10.6. The van der Waals surface area contributed by atoms with Crippen molar-refractivity contribution in [2.24, 2.45) is 5.92 Å². The summed E-state index contributed by atoms with van der Waals surface area (Å²) in [6, 6.07) is 0. The summed E-state index contributed by atoms with van der Waals surface area (Å²) < 4.78 is 1.67. The van der Waals surface area contributed by atoms with Crippen molar-refractivity contribution in [3.63, 3.8) is 0 Å². The number of alkyl halides is 1. The number of hydrogen-bond acceptors (Lipinski definition) is 3. The molecule has 0 bridgehead atoms. The van der Waals surface area contributed by atoms with Gasteiger partial charge in [-0.1, -0.05) is 13.8 Å². The van der Waals surface area contributed by atoms with Crippen LogP contribution >= 0.6 is 11.6 Å². The Kier molecular flexibility index (Phi) is 4.79. The molecule has 0 aliphatic rings. The fourth-order valence-corrected chi connectivity index (χ4v) is 1.57. The Morgan fingerprint density at radius 3 is 2.56 bits per heavy atom. The summed E-state index contributed by atoms with van der Waals surface area (Å²) >= 11 is 6.15. The van der Waals surface area contributed by atoms with Crippen molar-refractivity contribution in [3.05, 3.63) is 22.7 Å². The van der Waals surface area contributed by atoms with Crippen molar-refractivity contribution < 1.29 is 0 Å². The molecular formula is C13H22ClN3O. The zero-order chi connectivity index (χ0) is 13.9. The summed E-state index contributed by atoms with van der Waals surface area (Å²) in [5.41, 5.74) is -0.368. The molecule has 1 atom stereocenters. The second-order valence-electron chi connectivity index (χ2n) is 5.76.